The summed E-state index contributed by atoms with van der Waals surface area (Å²) in [7, 11) is 0. The molecule has 0 atom stereocenters. The van der Waals surface area contributed by atoms with Crippen molar-refractivity contribution in [2.24, 2.45) is 0 Å². The first-order chi connectivity index (χ1) is 16.8. The molecule has 37 heavy (non-hydrogen) atoms. The van der Waals surface area contributed by atoms with Crippen molar-refractivity contribution in [3.63, 3.8) is 0 Å². The number of hydrogen-bond donors (Lipinski definition) is 0. The minimum atomic E-state index is 0. The molecule has 1 fully saturated rings. The van der Waals surface area contributed by atoms with Crippen LogP contribution in [-0.2, 0) is 17.9 Å². The Hall–Kier alpha value is -1.46. The van der Waals surface area contributed by atoms with E-state index in [0.717, 1.165) is 67.9 Å². The van der Waals surface area contributed by atoms with E-state index in [9.17, 15) is 9.59 Å². The Morgan fingerprint density at radius 1 is 0.811 bits per heavy atom. The molecule has 0 saturated carbocycles. The van der Waals surface area contributed by atoms with Crippen LogP contribution in [-0.4, -0.2) is 29.7 Å². The fourth-order valence-electron chi connectivity index (χ4n) is 4.79. The minimum absolute atomic E-state index is 0. The van der Waals surface area contributed by atoms with Crippen molar-refractivity contribution in [3.8, 4) is 10.0 Å². The number of likely N-dealkylation sites (tertiary alicyclic amines) is 1. The third kappa shape index (κ3) is 5.64. The van der Waals surface area contributed by atoms with E-state index in [2.05, 4.69) is 49.0 Å². The molecule has 5 rings (SSSR count). The Kier molecular flexibility index (Phi) is 9.88. The summed E-state index contributed by atoms with van der Waals surface area (Å²) in [6.45, 7) is 12.8. The zero-order valence-corrected chi connectivity index (χ0v) is 27.3. The van der Waals surface area contributed by atoms with Gasteiger partial charge in [-0.1, -0.05) is 40.9 Å². The van der Waals surface area contributed by atoms with Crippen LogP contribution in [0.5, 0.6) is 0 Å². The Morgan fingerprint density at radius 2 is 1.35 bits per heavy atom. The second-order valence-electron chi connectivity index (χ2n) is 9.33. The number of carbonyl (C=O) groups excluding carboxylic acids is 2. The zero-order chi connectivity index (χ0) is 24.9. The topological polar surface area (TPSA) is 45.1 Å². The normalized spacial score (nSPS) is 13.1. The first-order valence-corrected chi connectivity index (χ1v) is 14.5. The van der Waals surface area contributed by atoms with E-state index in [0.29, 0.717) is 13.1 Å². The van der Waals surface area contributed by atoms with Crippen molar-refractivity contribution >= 4 is 55.8 Å². The summed E-state index contributed by atoms with van der Waals surface area (Å²) in [5.74, 6) is 0.323. The van der Waals surface area contributed by atoms with Gasteiger partial charge in [0.15, 0.2) is 11.4 Å². The van der Waals surface area contributed by atoms with Gasteiger partial charge >= 0.3 is 10.0 Å². The average Bonchev–Trinajstić information content (AvgIpc) is 3.61. The minimum Gasteiger partial charge on any atom is -1.00 e. The van der Waals surface area contributed by atoms with Crippen LogP contribution in [0.1, 0.15) is 49.2 Å². The Bertz CT molecular complexity index is 1470. The monoisotopic (exact) mass is 683 g/mol. The lowest BCUT2D eigenvalue weighted by Crippen LogP contribution is -3.00. The lowest BCUT2D eigenvalue weighted by Gasteiger charge is -2.12. The summed E-state index contributed by atoms with van der Waals surface area (Å²) in [4.78, 5) is 31.9. The van der Waals surface area contributed by atoms with Crippen LogP contribution in [0.3, 0.4) is 0 Å². The molecule has 4 heterocycles. The number of halogens is 2. The predicted molar refractivity (Wildman–Crippen MR) is 144 cm³/mol. The number of benzene rings is 1. The SMILES string of the molecule is Cc1sc(-c2sc(C)c(C)[n+]2CC(=O)N2CCCC2)[n+](CC(=O)c2sc3ccccc3c2C)c1C.[Br-].[Br-]. The Morgan fingerprint density at radius 3 is 1.92 bits per heavy atom. The van der Waals surface area contributed by atoms with Crippen molar-refractivity contribution < 1.29 is 52.7 Å². The molecule has 10 heteroatoms. The van der Waals surface area contributed by atoms with Crippen LogP contribution in [0.2, 0.25) is 0 Å². The van der Waals surface area contributed by atoms with E-state index in [1.165, 1.54) is 9.75 Å². The van der Waals surface area contributed by atoms with Gasteiger partial charge in [0.1, 0.15) is 0 Å². The first kappa shape index (κ1) is 30.1. The molecule has 198 valence electrons. The van der Waals surface area contributed by atoms with Gasteiger partial charge in [0.2, 0.25) is 18.9 Å². The maximum Gasteiger partial charge on any atom is 0.346 e. The number of aryl methyl sites for hydroxylation is 3. The molecule has 1 saturated heterocycles. The number of carbonyl (C=O) groups is 2. The van der Waals surface area contributed by atoms with Crippen LogP contribution in [0, 0.1) is 34.6 Å². The molecule has 1 aliphatic heterocycles. The predicted octanol–water partition coefficient (Wildman–Crippen LogP) is -0.678. The largest absolute Gasteiger partial charge is 1.00 e. The van der Waals surface area contributed by atoms with E-state index in [1.54, 1.807) is 34.0 Å². The highest BCUT2D eigenvalue weighted by molar-refractivity contribution is 7.21. The van der Waals surface area contributed by atoms with Crippen LogP contribution >= 0.6 is 34.0 Å². The van der Waals surface area contributed by atoms with Gasteiger partial charge in [-0.3, -0.25) is 9.59 Å². The van der Waals surface area contributed by atoms with Gasteiger partial charge in [-0.25, -0.2) is 0 Å². The number of thiophene rings is 1. The molecule has 0 aliphatic carbocycles. The van der Waals surface area contributed by atoms with E-state index in [-0.39, 0.29) is 45.7 Å². The third-order valence-corrected chi connectivity index (χ3v) is 11.0. The smallest absolute Gasteiger partial charge is 0.346 e. The van der Waals surface area contributed by atoms with E-state index < -0.39 is 0 Å². The maximum absolute atomic E-state index is 13.6. The van der Waals surface area contributed by atoms with E-state index in [4.69, 9.17) is 0 Å². The second kappa shape index (κ2) is 12.2. The van der Waals surface area contributed by atoms with Gasteiger partial charge in [0.25, 0.3) is 5.91 Å². The molecule has 0 unspecified atom stereocenters. The van der Waals surface area contributed by atoms with Gasteiger partial charge in [0.05, 0.1) is 14.6 Å². The summed E-state index contributed by atoms with van der Waals surface area (Å²) in [5.41, 5.74) is 3.30. The fraction of sp³-hybridized carbons (Fsp3) is 0.407. The summed E-state index contributed by atoms with van der Waals surface area (Å²) in [6.07, 6.45) is 2.18. The van der Waals surface area contributed by atoms with Crippen molar-refractivity contribution in [1.29, 1.82) is 0 Å². The van der Waals surface area contributed by atoms with Crippen LogP contribution in [0.15, 0.2) is 24.3 Å². The number of hydrogen-bond acceptors (Lipinski definition) is 5. The lowest BCUT2D eigenvalue weighted by atomic mass is 10.1. The summed E-state index contributed by atoms with van der Waals surface area (Å²) in [5, 5.41) is 3.28. The molecule has 3 aromatic heterocycles. The maximum atomic E-state index is 13.6. The molecule has 0 spiro atoms. The molecule has 1 aliphatic rings. The molecular weight excluding hydrogens is 654 g/mol. The van der Waals surface area contributed by atoms with Crippen molar-refractivity contribution in [2.75, 3.05) is 13.1 Å². The van der Waals surface area contributed by atoms with Gasteiger partial charge in [-0.05, 0) is 50.6 Å². The number of fused-ring (bicyclic) bond motifs is 1. The molecular formula is C27H31Br2N3O2S3. The number of nitrogens with zero attached hydrogens (tertiary/aromatic N) is 3. The standard InChI is InChI=1S/C27H31N3O2S3.2BrH/c1-16-21-10-6-7-11-23(21)35-25(16)22(31)14-29-17(2)19(4)33-26(29)27-30(18(3)20(5)34-27)15-24(32)28-12-8-9-13-28;;/h6-7,10-11H,8-9,12-15H2,1-5H3;2*1H/q+2;;/p-2. The van der Waals surface area contributed by atoms with Gasteiger partial charge in [0, 0.05) is 31.6 Å². The highest BCUT2D eigenvalue weighted by Gasteiger charge is 2.37. The van der Waals surface area contributed by atoms with Gasteiger partial charge in [-0.15, -0.1) is 11.3 Å². The van der Waals surface area contributed by atoms with Crippen molar-refractivity contribution in [1.82, 2.24) is 4.90 Å². The zero-order valence-electron chi connectivity index (χ0n) is 21.7. The van der Waals surface area contributed by atoms with Crippen molar-refractivity contribution in [2.45, 2.75) is 60.5 Å². The van der Waals surface area contributed by atoms with Gasteiger partial charge < -0.3 is 38.9 Å². The van der Waals surface area contributed by atoms with E-state index in [1.807, 2.05) is 24.0 Å². The highest BCUT2D eigenvalue weighted by Crippen LogP contribution is 2.33. The number of amides is 1. The fourth-order valence-corrected chi connectivity index (χ4v) is 8.29. The molecule has 1 aromatic carbocycles. The Balaban J connectivity index is 0.00000190. The van der Waals surface area contributed by atoms with Crippen LogP contribution < -0.4 is 43.1 Å². The summed E-state index contributed by atoms with van der Waals surface area (Å²) >= 11 is 5.02. The van der Waals surface area contributed by atoms with Gasteiger partial charge in [-0.2, -0.15) is 9.13 Å². The molecule has 0 bridgehead atoms. The third-order valence-electron chi connectivity index (χ3n) is 7.15. The molecule has 1 amide bonds. The second-order valence-corrected chi connectivity index (χ2v) is 12.8. The summed E-state index contributed by atoms with van der Waals surface area (Å²) in [6, 6.07) is 8.22. The van der Waals surface area contributed by atoms with Crippen LogP contribution in [0.4, 0.5) is 0 Å². The van der Waals surface area contributed by atoms with E-state index >= 15 is 0 Å². The molecule has 4 aromatic rings. The van der Waals surface area contributed by atoms with Crippen LogP contribution in [0.25, 0.3) is 20.1 Å². The average molecular weight is 686 g/mol. The highest BCUT2D eigenvalue weighted by atomic mass is 79.9. The molecule has 5 nitrogen and oxygen atoms in total. The number of rotatable bonds is 6. The first-order valence-electron chi connectivity index (χ1n) is 12.1. The lowest BCUT2D eigenvalue weighted by molar-refractivity contribution is -0.702. The Labute approximate surface area is 251 Å². The number of aromatic nitrogens is 2. The number of Topliss-reactive ketones (excluding diaryl/α,β-unsaturated/α-hetero) is 1. The summed E-state index contributed by atoms with van der Waals surface area (Å²) < 4.78 is 5.48. The molecule has 0 radical (unpaired) electrons. The number of thiazole rings is 2. The van der Waals surface area contributed by atoms with Crippen molar-refractivity contribution in [3.05, 3.63) is 55.8 Å². The quantitative estimate of drug-likeness (QED) is 0.200. The number of ketones is 1. The molecule has 0 N–H and O–H groups in total.